The Bertz CT molecular complexity index is 1550. The Morgan fingerprint density at radius 2 is 0.714 bits per heavy atom. The second-order valence-corrected chi connectivity index (χ2v) is 17.0. The predicted octanol–water partition coefficient (Wildman–Crippen LogP) is 14.6. The SMILES string of the molecule is CCCCCCc1ccsc1-c1ccc(-c2ccc(-c3ccc(-c4ccc(-c5sccc5CCCCCC)s4)s3)s2)s1. The summed E-state index contributed by atoms with van der Waals surface area (Å²) >= 11 is 11.6. The van der Waals surface area contributed by atoms with E-state index in [0.717, 1.165) is 0 Å². The lowest BCUT2D eigenvalue weighted by atomic mass is 10.1. The van der Waals surface area contributed by atoms with Gasteiger partial charge in [-0.05, 0) is 108 Å². The van der Waals surface area contributed by atoms with Crippen molar-refractivity contribution in [3.8, 4) is 48.8 Å². The first-order valence-electron chi connectivity index (χ1n) is 15.3. The molecule has 0 nitrogen and oxygen atoms in total. The van der Waals surface area contributed by atoms with Crippen molar-refractivity contribution in [3.63, 3.8) is 0 Å². The van der Waals surface area contributed by atoms with Gasteiger partial charge < -0.3 is 0 Å². The lowest BCUT2D eigenvalue weighted by Crippen LogP contribution is -1.85. The smallest absolute Gasteiger partial charge is 0.0474 e. The Balaban J connectivity index is 1.13. The summed E-state index contributed by atoms with van der Waals surface area (Å²) in [7, 11) is 0. The summed E-state index contributed by atoms with van der Waals surface area (Å²) in [5, 5.41) is 4.54. The average molecular weight is 663 g/mol. The van der Waals surface area contributed by atoms with Crippen LogP contribution in [0.2, 0.25) is 0 Å². The van der Waals surface area contributed by atoms with Gasteiger partial charge in [0.2, 0.25) is 0 Å². The molecule has 0 aromatic carbocycles. The van der Waals surface area contributed by atoms with E-state index in [1.54, 1.807) is 0 Å². The van der Waals surface area contributed by atoms with Crippen molar-refractivity contribution in [2.75, 3.05) is 0 Å². The van der Waals surface area contributed by atoms with E-state index in [4.69, 9.17) is 0 Å². The summed E-state index contributed by atoms with van der Waals surface area (Å²) in [5.74, 6) is 0. The molecule has 0 amide bonds. The minimum Gasteiger partial charge on any atom is -0.143 e. The van der Waals surface area contributed by atoms with Gasteiger partial charge in [-0.15, -0.1) is 68.0 Å². The van der Waals surface area contributed by atoms with Crippen LogP contribution in [0.1, 0.15) is 76.3 Å². The second-order valence-electron chi connectivity index (χ2n) is 10.8. The van der Waals surface area contributed by atoms with Crippen LogP contribution >= 0.6 is 68.0 Å². The minimum atomic E-state index is 1.20. The van der Waals surface area contributed by atoms with Crippen molar-refractivity contribution in [1.82, 2.24) is 0 Å². The quantitative estimate of drug-likeness (QED) is 0.0960. The molecule has 218 valence electrons. The number of thiophene rings is 6. The maximum absolute atomic E-state index is 2.34. The van der Waals surface area contributed by atoms with Gasteiger partial charge in [0, 0.05) is 48.8 Å². The Labute approximate surface area is 275 Å². The van der Waals surface area contributed by atoms with E-state index in [1.165, 1.54) is 124 Å². The molecule has 0 bridgehead atoms. The molecule has 0 aliphatic rings. The fourth-order valence-corrected chi connectivity index (χ4v) is 11.9. The van der Waals surface area contributed by atoms with E-state index in [-0.39, 0.29) is 0 Å². The minimum absolute atomic E-state index is 1.20. The molecular formula is C36H38S6. The number of rotatable bonds is 15. The number of unbranched alkanes of at least 4 members (excludes halogenated alkanes) is 6. The monoisotopic (exact) mass is 662 g/mol. The van der Waals surface area contributed by atoms with E-state index in [0.29, 0.717) is 0 Å². The van der Waals surface area contributed by atoms with Gasteiger partial charge in [-0.3, -0.25) is 0 Å². The van der Waals surface area contributed by atoms with Crippen LogP contribution in [0, 0.1) is 0 Å². The topological polar surface area (TPSA) is 0 Å². The largest absolute Gasteiger partial charge is 0.143 e. The van der Waals surface area contributed by atoms with Gasteiger partial charge in [-0.2, -0.15) is 0 Å². The van der Waals surface area contributed by atoms with E-state index in [1.807, 2.05) is 68.0 Å². The molecule has 42 heavy (non-hydrogen) atoms. The first-order chi connectivity index (χ1) is 20.7. The van der Waals surface area contributed by atoms with Crippen LogP contribution in [0.4, 0.5) is 0 Å². The Morgan fingerprint density at radius 3 is 1.07 bits per heavy atom. The number of hydrogen-bond donors (Lipinski definition) is 0. The van der Waals surface area contributed by atoms with Gasteiger partial charge in [0.1, 0.15) is 0 Å². The molecule has 6 rings (SSSR count). The van der Waals surface area contributed by atoms with Gasteiger partial charge in [0.15, 0.2) is 0 Å². The van der Waals surface area contributed by atoms with Crippen LogP contribution < -0.4 is 0 Å². The lowest BCUT2D eigenvalue weighted by Gasteiger charge is -2.02. The van der Waals surface area contributed by atoms with Crippen LogP contribution in [0.25, 0.3) is 48.8 Å². The lowest BCUT2D eigenvalue weighted by molar-refractivity contribution is 0.668. The summed E-state index contributed by atoms with van der Waals surface area (Å²) < 4.78 is 0. The fourth-order valence-electron chi connectivity index (χ4n) is 5.37. The van der Waals surface area contributed by atoms with E-state index < -0.39 is 0 Å². The Morgan fingerprint density at radius 1 is 0.381 bits per heavy atom. The Hall–Kier alpha value is -1.80. The molecule has 6 heteroatoms. The first kappa shape index (κ1) is 30.2. The molecule has 0 saturated carbocycles. The molecule has 6 aromatic rings. The van der Waals surface area contributed by atoms with E-state index in [9.17, 15) is 0 Å². The molecule has 0 saturated heterocycles. The number of hydrogen-bond acceptors (Lipinski definition) is 6. The van der Waals surface area contributed by atoms with Crippen LogP contribution in [-0.2, 0) is 12.8 Å². The van der Waals surface area contributed by atoms with Gasteiger partial charge in [0.25, 0.3) is 0 Å². The molecule has 0 spiro atoms. The van der Waals surface area contributed by atoms with Crippen molar-refractivity contribution in [2.45, 2.75) is 78.1 Å². The van der Waals surface area contributed by atoms with Crippen LogP contribution in [0.3, 0.4) is 0 Å². The molecule has 0 unspecified atom stereocenters. The second kappa shape index (κ2) is 14.8. The maximum atomic E-state index is 2.34. The standard InChI is InChI=1S/C36H38S6/c1-3-5-7-9-11-25-21-23-37-35(25)33-19-17-31(41-33)29-15-13-27(39-29)28-14-16-30(40-28)32-18-20-34(42-32)36-26(22-24-38-36)12-10-8-6-4-2/h13-24H,3-12H2,1-2H3. The van der Waals surface area contributed by atoms with Crippen LogP contribution in [-0.4, -0.2) is 0 Å². The van der Waals surface area contributed by atoms with E-state index >= 15 is 0 Å². The molecule has 6 aromatic heterocycles. The van der Waals surface area contributed by atoms with Crippen molar-refractivity contribution in [2.24, 2.45) is 0 Å². The molecule has 0 N–H and O–H groups in total. The average Bonchev–Trinajstić information content (AvgIpc) is 3.82. The first-order valence-corrected chi connectivity index (χ1v) is 20.3. The summed E-state index contributed by atoms with van der Waals surface area (Å²) in [6, 6.07) is 23.3. The third-order valence-electron chi connectivity index (χ3n) is 7.69. The molecule has 0 atom stereocenters. The van der Waals surface area contributed by atoms with Gasteiger partial charge in [-0.1, -0.05) is 52.4 Å². The predicted molar refractivity (Wildman–Crippen MR) is 197 cm³/mol. The highest BCUT2D eigenvalue weighted by atomic mass is 32.1. The van der Waals surface area contributed by atoms with Gasteiger partial charge in [-0.25, -0.2) is 0 Å². The van der Waals surface area contributed by atoms with Crippen LogP contribution in [0.15, 0.2) is 71.4 Å². The van der Waals surface area contributed by atoms with Crippen molar-refractivity contribution in [3.05, 3.63) is 82.6 Å². The zero-order valence-electron chi connectivity index (χ0n) is 24.4. The molecule has 0 aliphatic heterocycles. The zero-order chi connectivity index (χ0) is 28.7. The molecule has 0 radical (unpaired) electrons. The zero-order valence-corrected chi connectivity index (χ0v) is 29.3. The van der Waals surface area contributed by atoms with Crippen molar-refractivity contribution in [1.29, 1.82) is 0 Å². The highest BCUT2D eigenvalue weighted by Crippen LogP contribution is 2.46. The van der Waals surface area contributed by atoms with Gasteiger partial charge in [0.05, 0.1) is 0 Å². The summed E-state index contributed by atoms with van der Waals surface area (Å²) in [6.07, 6.45) is 13.0. The summed E-state index contributed by atoms with van der Waals surface area (Å²) in [6.45, 7) is 4.57. The maximum Gasteiger partial charge on any atom is 0.0474 e. The van der Waals surface area contributed by atoms with Gasteiger partial charge >= 0.3 is 0 Å². The highest BCUT2D eigenvalue weighted by molar-refractivity contribution is 7.30. The highest BCUT2D eigenvalue weighted by Gasteiger charge is 2.15. The fraction of sp³-hybridized carbons (Fsp3) is 0.333. The van der Waals surface area contributed by atoms with Crippen molar-refractivity contribution >= 4 is 68.0 Å². The molecule has 0 aliphatic carbocycles. The van der Waals surface area contributed by atoms with Crippen LogP contribution in [0.5, 0.6) is 0 Å². The molecule has 0 fully saturated rings. The third-order valence-corrected chi connectivity index (χ3v) is 14.9. The molecule has 6 heterocycles. The normalized spacial score (nSPS) is 11.6. The molecular weight excluding hydrogens is 625 g/mol. The number of aryl methyl sites for hydroxylation is 2. The van der Waals surface area contributed by atoms with E-state index in [2.05, 4.69) is 85.3 Å². The van der Waals surface area contributed by atoms with Crippen molar-refractivity contribution < 1.29 is 0 Å². The summed E-state index contributed by atoms with van der Waals surface area (Å²) in [4.78, 5) is 14.0. The summed E-state index contributed by atoms with van der Waals surface area (Å²) in [5.41, 5.74) is 3.06. The third kappa shape index (κ3) is 7.11. The Kier molecular flexibility index (Phi) is 10.6.